The van der Waals surface area contributed by atoms with E-state index in [1.165, 1.54) is 6.42 Å². The number of nitrogens with one attached hydrogen (secondary N) is 1. The standard InChI is InChI=1S/C16H20BrNO3/c1-11-4-2-3-5-14(11)18-15(19)10-21-16(20)12-6-8-13(17)9-7-12/h6-9,11,14H,2-5,10H2,1H3,(H,18,19)/t11-,14-/m1/s1. The Morgan fingerprint density at radius 1 is 1.24 bits per heavy atom. The molecule has 1 aliphatic carbocycles. The lowest BCUT2D eigenvalue weighted by molar-refractivity contribution is -0.125. The van der Waals surface area contributed by atoms with Gasteiger partial charge in [-0.15, -0.1) is 0 Å². The first-order valence-corrected chi connectivity index (χ1v) is 8.07. The van der Waals surface area contributed by atoms with Crippen LogP contribution in [0.3, 0.4) is 0 Å². The van der Waals surface area contributed by atoms with Crippen molar-refractivity contribution >= 4 is 27.8 Å². The molecular formula is C16H20BrNO3. The summed E-state index contributed by atoms with van der Waals surface area (Å²) in [4.78, 5) is 23.7. The van der Waals surface area contributed by atoms with Gasteiger partial charge in [0.1, 0.15) is 0 Å². The summed E-state index contributed by atoms with van der Waals surface area (Å²) in [6.45, 7) is 1.93. The Labute approximate surface area is 133 Å². The van der Waals surface area contributed by atoms with E-state index in [2.05, 4.69) is 28.2 Å². The van der Waals surface area contributed by atoms with Crippen LogP contribution in [0.4, 0.5) is 0 Å². The van der Waals surface area contributed by atoms with Crippen molar-refractivity contribution in [2.45, 2.75) is 38.6 Å². The number of halogens is 1. The van der Waals surface area contributed by atoms with Gasteiger partial charge in [0.05, 0.1) is 5.56 Å². The summed E-state index contributed by atoms with van der Waals surface area (Å²) in [6.07, 6.45) is 4.53. The Balaban J connectivity index is 1.78. The van der Waals surface area contributed by atoms with E-state index in [-0.39, 0.29) is 18.6 Å². The van der Waals surface area contributed by atoms with Gasteiger partial charge >= 0.3 is 5.97 Å². The van der Waals surface area contributed by atoms with Crippen LogP contribution in [0.1, 0.15) is 43.0 Å². The van der Waals surface area contributed by atoms with E-state index in [0.717, 1.165) is 23.7 Å². The molecule has 0 spiro atoms. The van der Waals surface area contributed by atoms with Gasteiger partial charge in [-0.2, -0.15) is 0 Å². The molecule has 21 heavy (non-hydrogen) atoms. The zero-order valence-corrected chi connectivity index (χ0v) is 13.7. The maximum atomic E-state index is 11.9. The molecule has 0 saturated heterocycles. The van der Waals surface area contributed by atoms with E-state index in [4.69, 9.17) is 4.74 Å². The van der Waals surface area contributed by atoms with Gasteiger partial charge in [0.25, 0.3) is 5.91 Å². The van der Waals surface area contributed by atoms with Crippen molar-refractivity contribution in [2.24, 2.45) is 5.92 Å². The summed E-state index contributed by atoms with van der Waals surface area (Å²) in [6, 6.07) is 7.06. The molecule has 1 fully saturated rings. The fourth-order valence-corrected chi connectivity index (χ4v) is 2.84. The number of esters is 1. The molecule has 5 heteroatoms. The van der Waals surface area contributed by atoms with Crippen LogP contribution >= 0.6 is 15.9 Å². The van der Waals surface area contributed by atoms with E-state index < -0.39 is 5.97 Å². The third kappa shape index (κ3) is 4.84. The molecule has 1 aromatic carbocycles. The molecule has 1 saturated carbocycles. The van der Waals surface area contributed by atoms with E-state index in [0.29, 0.717) is 11.5 Å². The van der Waals surface area contributed by atoms with Gasteiger partial charge in [0, 0.05) is 10.5 Å². The van der Waals surface area contributed by atoms with Crippen LogP contribution in [0.5, 0.6) is 0 Å². The first kappa shape index (κ1) is 16.0. The van der Waals surface area contributed by atoms with Gasteiger partial charge in [0.15, 0.2) is 6.61 Å². The minimum Gasteiger partial charge on any atom is -0.452 e. The number of carbonyl (C=O) groups excluding carboxylic acids is 2. The molecule has 1 aromatic rings. The molecule has 2 rings (SSSR count). The molecule has 0 aliphatic heterocycles. The van der Waals surface area contributed by atoms with Crippen molar-refractivity contribution in [1.29, 1.82) is 0 Å². The Bertz CT molecular complexity index is 501. The number of carbonyl (C=O) groups is 2. The van der Waals surface area contributed by atoms with E-state index in [1.54, 1.807) is 24.3 Å². The minimum atomic E-state index is -0.477. The Kier molecular flexibility index (Phi) is 5.79. The number of hydrogen-bond acceptors (Lipinski definition) is 3. The number of hydrogen-bond donors (Lipinski definition) is 1. The SMILES string of the molecule is C[C@@H]1CCCC[C@H]1NC(=O)COC(=O)c1ccc(Br)cc1. The van der Waals surface area contributed by atoms with Gasteiger partial charge < -0.3 is 10.1 Å². The third-order valence-corrected chi connectivity index (χ3v) is 4.40. The molecule has 4 nitrogen and oxygen atoms in total. The van der Waals surface area contributed by atoms with Crippen molar-refractivity contribution in [2.75, 3.05) is 6.61 Å². The molecule has 2 atom stereocenters. The van der Waals surface area contributed by atoms with Crippen molar-refractivity contribution in [3.05, 3.63) is 34.3 Å². The van der Waals surface area contributed by atoms with Crippen LogP contribution in [0, 0.1) is 5.92 Å². The molecule has 0 aromatic heterocycles. The highest BCUT2D eigenvalue weighted by Gasteiger charge is 2.23. The second kappa shape index (κ2) is 7.59. The highest BCUT2D eigenvalue weighted by molar-refractivity contribution is 9.10. The van der Waals surface area contributed by atoms with Crippen molar-refractivity contribution < 1.29 is 14.3 Å². The van der Waals surface area contributed by atoms with Crippen molar-refractivity contribution in [3.63, 3.8) is 0 Å². The largest absolute Gasteiger partial charge is 0.452 e. The molecule has 114 valence electrons. The average molecular weight is 354 g/mol. The van der Waals surface area contributed by atoms with Crippen molar-refractivity contribution in [3.8, 4) is 0 Å². The summed E-state index contributed by atoms with van der Waals surface area (Å²) in [5, 5.41) is 2.96. The van der Waals surface area contributed by atoms with Gasteiger partial charge in [-0.1, -0.05) is 35.7 Å². The van der Waals surface area contributed by atoms with E-state index in [9.17, 15) is 9.59 Å². The van der Waals surface area contributed by atoms with Crippen LogP contribution in [0.25, 0.3) is 0 Å². The topological polar surface area (TPSA) is 55.4 Å². The van der Waals surface area contributed by atoms with Gasteiger partial charge in [0.2, 0.25) is 0 Å². The molecule has 0 unspecified atom stereocenters. The minimum absolute atomic E-state index is 0.206. The Morgan fingerprint density at radius 2 is 1.90 bits per heavy atom. The second-order valence-electron chi connectivity index (χ2n) is 5.52. The van der Waals surface area contributed by atoms with Gasteiger partial charge in [-0.3, -0.25) is 4.79 Å². The zero-order valence-electron chi connectivity index (χ0n) is 12.1. The lowest BCUT2D eigenvalue weighted by Gasteiger charge is -2.29. The van der Waals surface area contributed by atoms with Crippen LogP contribution in [-0.2, 0) is 9.53 Å². The predicted molar refractivity (Wildman–Crippen MR) is 84.0 cm³/mol. The number of rotatable bonds is 4. The molecule has 0 radical (unpaired) electrons. The molecular weight excluding hydrogens is 334 g/mol. The monoisotopic (exact) mass is 353 g/mol. The van der Waals surface area contributed by atoms with Crippen LogP contribution < -0.4 is 5.32 Å². The maximum absolute atomic E-state index is 11.9. The number of ether oxygens (including phenoxy) is 1. The summed E-state index contributed by atoms with van der Waals surface area (Å²) in [5.41, 5.74) is 0.442. The van der Waals surface area contributed by atoms with Crippen LogP contribution in [0.15, 0.2) is 28.7 Å². The summed E-state index contributed by atoms with van der Waals surface area (Å²) >= 11 is 3.30. The fourth-order valence-electron chi connectivity index (χ4n) is 2.58. The van der Waals surface area contributed by atoms with E-state index in [1.807, 2.05) is 0 Å². The highest BCUT2D eigenvalue weighted by atomic mass is 79.9. The summed E-state index contributed by atoms with van der Waals surface area (Å²) in [7, 11) is 0. The third-order valence-electron chi connectivity index (χ3n) is 3.87. The van der Waals surface area contributed by atoms with Crippen LogP contribution in [0.2, 0.25) is 0 Å². The normalized spacial score (nSPS) is 21.6. The summed E-state index contributed by atoms with van der Waals surface area (Å²) in [5.74, 6) is -0.210. The smallest absolute Gasteiger partial charge is 0.338 e. The average Bonchev–Trinajstić information content (AvgIpc) is 2.48. The molecule has 1 aliphatic rings. The second-order valence-corrected chi connectivity index (χ2v) is 6.43. The maximum Gasteiger partial charge on any atom is 0.338 e. The summed E-state index contributed by atoms with van der Waals surface area (Å²) < 4.78 is 5.93. The fraction of sp³-hybridized carbons (Fsp3) is 0.500. The molecule has 1 N–H and O–H groups in total. The number of benzene rings is 1. The van der Waals surface area contributed by atoms with Gasteiger partial charge in [-0.05, 0) is 43.0 Å². The Morgan fingerprint density at radius 3 is 2.57 bits per heavy atom. The first-order chi connectivity index (χ1) is 10.1. The van der Waals surface area contributed by atoms with Crippen molar-refractivity contribution in [1.82, 2.24) is 5.32 Å². The molecule has 0 heterocycles. The quantitative estimate of drug-likeness (QED) is 0.844. The number of amides is 1. The van der Waals surface area contributed by atoms with Gasteiger partial charge in [-0.25, -0.2) is 4.79 Å². The molecule has 1 amide bonds. The van der Waals surface area contributed by atoms with Crippen LogP contribution in [-0.4, -0.2) is 24.5 Å². The Hall–Kier alpha value is -1.36. The lowest BCUT2D eigenvalue weighted by Crippen LogP contribution is -2.42. The zero-order chi connectivity index (χ0) is 15.2. The highest BCUT2D eigenvalue weighted by Crippen LogP contribution is 2.23. The molecule has 0 bridgehead atoms. The lowest BCUT2D eigenvalue weighted by atomic mass is 9.86. The first-order valence-electron chi connectivity index (χ1n) is 7.28. The van der Waals surface area contributed by atoms with E-state index >= 15 is 0 Å². The predicted octanol–water partition coefficient (Wildman–Crippen LogP) is 3.30.